The Bertz CT molecular complexity index is 595. The lowest BCUT2D eigenvalue weighted by atomic mass is 10.2. The molecule has 0 fully saturated rings. The lowest BCUT2D eigenvalue weighted by Crippen LogP contribution is -2.08. The summed E-state index contributed by atoms with van der Waals surface area (Å²) in [5.41, 5.74) is 0.702. The molecule has 2 aromatic carbocycles. The lowest BCUT2D eigenvalue weighted by Gasteiger charge is -2.12. The van der Waals surface area contributed by atoms with Gasteiger partial charge in [-0.25, -0.2) is 17.6 Å². The molecule has 2 aromatic rings. The van der Waals surface area contributed by atoms with Crippen LogP contribution in [-0.2, 0) is 0 Å². The fourth-order valence-corrected chi connectivity index (χ4v) is 2.15. The van der Waals surface area contributed by atoms with E-state index in [1.807, 2.05) is 0 Å². The van der Waals surface area contributed by atoms with Crippen LogP contribution in [-0.4, -0.2) is 13.2 Å². The molecule has 0 aliphatic carbocycles. The van der Waals surface area contributed by atoms with Crippen LogP contribution in [0.1, 0.15) is 17.5 Å². The van der Waals surface area contributed by atoms with Gasteiger partial charge in [-0.1, -0.05) is 0 Å². The van der Waals surface area contributed by atoms with Gasteiger partial charge in [0.15, 0.2) is 23.1 Å². The second-order valence-corrected chi connectivity index (χ2v) is 5.12. The van der Waals surface area contributed by atoms with Crippen LogP contribution in [0.4, 0.5) is 17.6 Å². The molecule has 23 heavy (non-hydrogen) atoms. The Morgan fingerprint density at radius 3 is 1.43 bits per heavy atom. The average Bonchev–Trinajstić information content (AvgIpc) is 2.42. The summed E-state index contributed by atoms with van der Waals surface area (Å²) in [6, 6.07) is 3.84. The van der Waals surface area contributed by atoms with Crippen LogP contribution >= 0.6 is 0 Å². The molecule has 0 radical (unpaired) electrons. The Balaban J connectivity index is 1.85. The fourth-order valence-electron chi connectivity index (χ4n) is 2.15. The van der Waals surface area contributed by atoms with E-state index in [0.717, 1.165) is 12.1 Å². The van der Waals surface area contributed by atoms with E-state index in [0.29, 0.717) is 17.5 Å². The molecule has 2 rings (SSSR count). The number of hydrogen-bond donors (Lipinski definition) is 0. The number of hydrogen-bond acceptors (Lipinski definition) is 2. The summed E-state index contributed by atoms with van der Waals surface area (Å²) in [5.74, 6) is -2.92. The van der Waals surface area contributed by atoms with Crippen LogP contribution < -0.4 is 9.47 Å². The van der Waals surface area contributed by atoms with E-state index in [1.54, 1.807) is 0 Å². The van der Waals surface area contributed by atoms with Crippen molar-refractivity contribution in [2.75, 3.05) is 13.2 Å². The highest BCUT2D eigenvalue weighted by molar-refractivity contribution is 5.35. The minimum absolute atomic E-state index is 0.0180. The Kier molecular flexibility index (Phi) is 5.47. The molecule has 0 atom stereocenters. The van der Waals surface area contributed by atoms with Gasteiger partial charge in [0.05, 0.1) is 13.2 Å². The Labute approximate surface area is 131 Å². The monoisotopic (exact) mass is 328 g/mol. The number of halogens is 4. The highest BCUT2D eigenvalue weighted by Crippen LogP contribution is 2.25. The van der Waals surface area contributed by atoms with Crippen molar-refractivity contribution in [3.8, 4) is 11.5 Å². The standard InChI is InChI=1S/C17H16F4O2/c1-10-6-12(18)8-14(20)16(10)22-4-3-5-23-17-11(2)7-13(19)9-15(17)21/h6-9H,3-5H2,1-2H3. The van der Waals surface area contributed by atoms with Gasteiger partial charge in [0.1, 0.15) is 11.6 Å². The average molecular weight is 328 g/mol. The van der Waals surface area contributed by atoms with Gasteiger partial charge in [-0.15, -0.1) is 0 Å². The third-order valence-electron chi connectivity index (χ3n) is 3.17. The number of benzene rings is 2. The minimum atomic E-state index is -0.774. The summed E-state index contributed by atoms with van der Waals surface area (Å²) >= 11 is 0. The van der Waals surface area contributed by atoms with Crippen molar-refractivity contribution in [1.29, 1.82) is 0 Å². The van der Waals surface area contributed by atoms with Crippen LogP contribution in [0.15, 0.2) is 24.3 Å². The molecule has 0 saturated heterocycles. The second kappa shape index (κ2) is 7.35. The molecular formula is C17H16F4O2. The summed E-state index contributed by atoms with van der Waals surface area (Å²) in [4.78, 5) is 0. The molecule has 124 valence electrons. The molecule has 0 N–H and O–H groups in total. The highest BCUT2D eigenvalue weighted by atomic mass is 19.1. The van der Waals surface area contributed by atoms with Crippen molar-refractivity contribution in [3.05, 3.63) is 58.7 Å². The zero-order valence-corrected chi connectivity index (χ0v) is 12.8. The molecule has 6 heteroatoms. The zero-order chi connectivity index (χ0) is 17.0. The molecule has 2 nitrogen and oxygen atoms in total. The van der Waals surface area contributed by atoms with Crippen molar-refractivity contribution in [2.45, 2.75) is 20.3 Å². The third-order valence-corrected chi connectivity index (χ3v) is 3.17. The van der Waals surface area contributed by atoms with Crippen LogP contribution in [0.3, 0.4) is 0 Å². The second-order valence-electron chi connectivity index (χ2n) is 5.12. The van der Waals surface area contributed by atoms with Crippen molar-refractivity contribution < 1.29 is 27.0 Å². The van der Waals surface area contributed by atoms with Gasteiger partial charge in [-0.2, -0.15) is 0 Å². The van der Waals surface area contributed by atoms with Crippen molar-refractivity contribution in [1.82, 2.24) is 0 Å². The molecule has 0 aliphatic heterocycles. The largest absolute Gasteiger partial charge is 0.490 e. The normalized spacial score (nSPS) is 10.7. The summed E-state index contributed by atoms with van der Waals surface area (Å²) in [6.07, 6.45) is 0.354. The summed E-state index contributed by atoms with van der Waals surface area (Å²) < 4.78 is 63.6. The fraction of sp³-hybridized carbons (Fsp3) is 0.294. The van der Waals surface area contributed by atoms with Crippen LogP contribution in [0.25, 0.3) is 0 Å². The molecule has 0 aromatic heterocycles. The number of rotatable bonds is 6. The zero-order valence-electron chi connectivity index (χ0n) is 12.8. The van der Waals surface area contributed by atoms with Crippen LogP contribution in [0.2, 0.25) is 0 Å². The smallest absolute Gasteiger partial charge is 0.168 e. The molecule has 0 unspecified atom stereocenters. The first-order valence-electron chi connectivity index (χ1n) is 7.05. The lowest BCUT2D eigenvalue weighted by molar-refractivity contribution is 0.233. The topological polar surface area (TPSA) is 18.5 Å². The quantitative estimate of drug-likeness (QED) is 0.565. The SMILES string of the molecule is Cc1cc(F)cc(F)c1OCCCOc1c(C)cc(F)cc1F. The van der Waals surface area contributed by atoms with Crippen molar-refractivity contribution >= 4 is 0 Å². The Morgan fingerprint density at radius 2 is 1.09 bits per heavy atom. The predicted molar refractivity (Wildman–Crippen MR) is 77.8 cm³/mol. The first-order valence-corrected chi connectivity index (χ1v) is 7.05. The van der Waals surface area contributed by atoms with Gasteiger partial charge in [-0.3, -0.25) is 0 Å². The number of ether oxygens (including phenoxy) is 2. The first kappa shape index (κ1) is 17.1. The molecule has 0 saturated carbocycles. The minimum Gasteiger partial charge on any atom is -0.490 e. The van der Waals surface area contributed by atoms with E-state index in [2.05, 4.69) is 0 Å². The van der Waals surface area contributed by atoms with E-state index in [9.17, 15) is 17.6 Å². The van der Waals surface area contributed by atoms with E-state index in [1.165, 1.54) is 26.0 Å². The Morgan fingerprint density at radius 1 is 0.696 bits per heavy atom. The van der Waals surface area contributed by atoms with E-state index in [4.69, 9.17) is 9.47 Å². The van der Waals surface area contributed by atoms with E-state index >= 15 is 0 Å². The molecule has 0 bridgehead atoms. The maximum absolute atomic E-state index is 13.5. The first-order chi connectivity index (χ1) is 10.9. The van der Waals surface area contributed by atoms with E-state index in [-0.39, 0.29) is 24.7 Å². The van der Waals surface area contributed by atoms with Gasteiger partial charge >= 0.3 is 0 Å². The summed E-state index contributed by atoms with van der Waals surface area (Å²) in [7, 11) is 0. The predicted octanol–water partition coefficient (Wildman–Crippen LogP) is 4.71. The van der Waals surface area contributed by atoms with Gasteiger partial charge in [-0.05, 0) is 37.1 Å². The molecule has 0 heterocycles. The highest BCUT2D eigenvalue weighted by Gasteiger charge is 2.11. The van der Waals surface area contributed by atoms with Crippen LogP contribution in [0, 0.1) is 37.1 Å². The summed E-state index contributed by atoms with van der Waals surface area (Å²) in [5, 5.41) is 0. The molecule has 0 spiro atoms. The van der Waals surface area contributed by atoms with Gasteiger partial charge < -0.3 is 9.47 Å². The van der Waals surface area contributed by atoms with Gasteiger partial charge in [0, 0.05) is 18.6 Å². The Hall–Kier alpha value is -2.24. The molecule has 0 aliphatic rings. The third kappa shape index (κ3) is 4.37. The molecular weight excluding hydrogens is 312 g/mol. The maximum Gasteiger partial charge on any atom is 0.168 e. The van der Waals surface area contributed by atoms with Gasteiger partial charge in [0.25, 0.3) is 0 Å². The molecule has 0 amide bonds. The maximum atomic E-state index is 13.5. The number of aryl methyl sites for hydroxylation is 2. The van der Waals surface area contributed by atoms with E-state index < -0.39 is 23.3 Å². The van der Waals surface area contributed by atoms with Crippen molar-refractivity contribution in [3.63, 3.8) is 0 Å². The van der Waals surface area contributed by atoms with Crippen molar-refractivity contribution in [2.24, 2.45) is 0 Å². The van der Waals surface area contributed by atoms with Gasteiger partial charge in [0.2, 0.25) is 0 Å². The van der Waals surface area contributed by atoms with Crippen LogP contribution in [0.5, 0.6) is 11.5 Å². The summed E-state index contributed by atoms with van der Waals surface area (Å²) in [6.45, 7) is 3.31.